The smallest absolute Gasteiger partial charge is 0.243 e. The van der Waals surface area contributed by atoms with Crippen LogP contribution in [0.15, 0.2) is 27.6 Å². The molecule has 0 unspecified atom stereocenters. The second kappa shape index (κ2) is 4.59. The Morgan fingerprint density at radius 2 is 2.00 bits per heavy atom. The lowest BCUT2D eigenvalue weighted by atomic mass is 10.2. The summed E-state index contributed by atoms with van der Waals surface area (Å²) in [6.07, 6.45) is 0. The van der Waals surface area contributed by atoms with Crippen molar-refractivity contribution >= 4 is 21.0 Å². The van der Waals surface area contributed by atoms with E-state index in [1.165, 1.54) is 10.4 Å². The Morgan fingerprint density at radius 1 is 1.26 bits per heavy atom. The maximum Gasteiger partial charge on any atom is 0.243 e. The van der Waals surface area contributed by atoms with Gasteiger partial charge in [-0.25, -0.2) is 8.42 Å². The zero-order chi connectivity index (χ0) is 13.5. The van der Waals surface area contributed by atoms with Gasteiger partial charge in [-0.2, -0.15) is 4.31 Å². The molecule has 0 N–H and O–H groups in total. The van der Waals surface area contributed by atoms with Crippen molar-refractivity contribution in [2.45, 2.75) is 11.8 Å². The van der Waals surface area contributed by atoms with Gasteiger partial charge in [0, 0.05) is 24.5 Å². The number of benzene rings is 1. The number of hydrogen-bond donors (Lipinski definition) is 0. The van der Waals surface area contributed by atoms with Gasteiger partial charge >= 0.3 is 0 Å². The van der Waals surface area contributed by atoms with Gasteiger partial charge in [-0.1, -0.05) is 5.16 Å². The number of nitrogens with zero attached hydrogens (tertiary/aromatic N) is 2. The minimum Gasteiger partial charge on any atom is -0.379 e. The first kappa shape index (κ1) is 12.6. The summed E-state index contributed by atoms with van der Waals surface area (Å²) >= 11 is 0. The maximum absolute atomic E-state index is 12.4. The van der Waals surface area contributed by atoms with Gasteiger partial charge in [-0.05, 0) is 19.1 Å². The molecule has 1 aromatic heterocycles. The van der Waals surface area contributed by atoms with Crippen LogP contribution >= 0.6 is 0 Å². The van der Waals surface area contributed by atoms with E-state index in [9.17, 15) is 8.42 Å². The fraction of sp³-hybridized carbons (Fsp3) is 0.417. The molecule has 3 rings (SSSR count). The third kappa shape index (κ3) is 2.13. The predicted octanol–water partition coefficient (Wildman–Crippen LogP) is 1.16. The van der Waals surface area contributed by atoms with E-state index in [4.69, 9.17) is 9.26 Å². The minimum absolute atomic E-state index is 0.234. The molecule has 0 spiro atoms. The number of aromatic nitrogens is 1. The number of rotatable bonds is 2. The molecule has 0 amide bonds. The molecule has 2 heterocycles. The molecule has 6 nitrogen and oxygen atoms in total. The molecule has 0 radical (unpaired) electrons. The summed E-state index contributed by atoms with van der Waals surface area (Å²) in [5.41, 5.74) is 1.25. The van der Waals surface area contributed by atoms with Gasteiger partial charge in [0.05, 0.1) is 23.8 Å². The molecule has 19 heavy (non-hydrogen) atoms. The van der Waals surface area contributed by atoms with Crippen LogP contribution in [0.4, 0.5) is 0 Å². The average Bonchev–Trinajstić information content (AvgIpc) is 2.81. The first-order valence-corrected chi connectivity index (χ1v) is 7.47. The molecule has 1 fully saturated rings. The number of aryl methyl sites for hydroxylation is 1. The molecule has 0 bridgehead atoms. The fourth-order valence-electron chi connectivity index (χ4n) is 2.14. The van der Waals surface area contributed by atoms with Crippen molar-refractivity contribution in [3.8, 4) is 0 Å². The van der Waals surface area contributed by atoms with Crippen molar-refractivity contribution in [3.05, 3.63) is 23.9 Å². The highest BCUT2D eigenvalue weighted by atomic mass is 32.2. The summed E-state index contributed by atoms with van der Waals surface area (Å²) in [6, 6.07) is 4.85. The number of hydrogen-bond acceptors (Lipinski definition) is 5. The van der Waals surface area contributed by atoms with Gasteiger partial charge in [0.1, 0.15) is 0 Å². The topological polar surface area (TPSA) is 72.6 Å². The SMILES string of the molecule is Cc1noc2cc(S(=O)(=O)N3CCOCC3)ccc12. The van der Waals surface area contributed by atoms with Crippen molar-refractivity contribution < 1.29 is 17.7 Å². The number of fused-ring (bicyclic) bond motifs is 1. The summed E-state index contributed by atoms with van der Waals surface area (Å²) < 4.78 is 36.6. The summed E-state index contributed by atoms with van der Waals surface area (Å²) in [6.45, 7) is 3.46. The average molecular weight is 282 g/mol. The molecule has 102 valence electrons. The van der Waals surface area contributed by atoms with Crippen LogP contribution in [0.5, 0.6) is 0 Å². The molecule has 1 aliphatic rings. The van der Waals surface area contributed by atoms with Crippen LogP contribution in [0.25, 0.3) is 11.0 Å². The first-order chi connectivity index (χ1) is 9.09. The van der Waals surface area contributed by atoms with Gasteiger partial charge in [-0.3, -0.25) is 0 Å². The van der Waals surface area contributed by atoms with Crippen molar-refractivity contribution in [2.24, 2.45) is 0 Å². The summed E-state index contributed by atoms with van der Waals surface area (Å²) in [5.74, 6) is 0. The van der Waals surface area contributed by atoms with Gasteiger partial charge in [0.15, 0.2) is 5.58 Å². The highest BCUT2D eigenvalue weighted by Crippen LogP contribution is 2.24. The number of sulfonamides is 1. The van der Waals surface area contributed by atoms with Crippen molar-refractivity contribution in [2.75, 3.05) is 26.3 Å². The van der Waals surface area contributed by atoms with Crippen molar-refractivity contribution in [1.82, 2.24) is 9.46 Å². The third-order valence-corrected chi connectivity index (χ3v) is 5.13. The van der Waals surface area contributed by atoms with E-state index >= 15 is 0 Å². The Labute approximate surface area is 111 Å². The minimum atomic E-state index is -3.48. The van der Waals surface area contributed by atoms with Crippen LogP contribution in [0.3, 0.4) is 0 Å². The molecule has 1 aromatic carbocycles. The largest absolute Gasteiger partial charge is 0.379 e. The third-order valence-electron chi connectivity index (χ3n) is 3.23. The Kier molecular flexibility index (Phi) is 3.04. The molecular formula is C12H14N2O4S. The Morgan fingerprint density at radius 3 is 2.74 bits per heavy atom. The zero-order valence-electron chi connectivity index (χ0n) is 10.5. The van der Waals surface area contributed by atoms with Gasteiger partial charge < -0.3 is 9.26 Å². The summed E-state index contributed by atoms with van der Waals surface area (Å²) in [5, 5.41) is 4.66. The quantitative estimate of drug-likeness (QED) is 0.826. The molecule has 1 saturated heterocycles. The van der Waals surface area contributed by atoms with Crippen LogP contribution < -0.4 is 0 Å². The standard InChI is InChI=1S/C12H14N2O4S/c1-9-11-3-2-10(8-12(11)18-13-9)19(15,16)14-4-6-17-7-5-14/h2-3,8H,4-7H2,1H3. The maximum atomic E-state index is 12.4. The van der Waals surface area contributed by atoms with Gasteiger partial charge in [0.2, 0.25) is 10.0 Å². The van der Waals surface area contributed by atoms with Crippen LogP contribution in [-0.4, -0.2) is 44.2 Å². The van der Waals surface area contributed by atoms with E-state index in [1.54, 1.807) is 12.1 Å². The predicted molar refractivity (Wildman–Crippen MR) is 68.3 cm³/mol. The van der Waals surface area contributed by atoms with Crippen LogP contribution in [0.2, 0.25) is 0 Å². The summed E-state index contributed by atoms with van der Waals surface area (Å²) in [4.78, 5) is 0.234. The van der Waals surface area contributed by atoms with E-state index in [2.05, 4.69) is 5.16 Å². The van der Waals surface area contributed by atoms with Crippen molar-refractivity contribution in [1.29, 1.82) is 0 Å². The molecule has 0 atom stereocenters. The zero-order valence-corrected chi connectivity index (χ0v) is 11.3. The van der Waals surface area contributed by atoms with E-state index in [1.807, 2.05) is 6.92 Å². The Balaban J connectivity index is 2.02. The van der Waals surface area contributed by atoms with Crippen LogP contribution in [0.1, 0.15) is 5.69 Å². The van der Waals surface area contributed by atoms with Gasteiger partial charge in [-0.15, -0.1) is 0 Å². The van der Waals surface area contributed by atoms with E-state index in [0.717, 1.165) is 11.1 Å². The lowest BCUT2D eigenvalue weighted by Gasteiger charge is -2.25. The molecule has 7 heteroatoms. The molecule has 0 aliphatic carbocycles. The Hall–Kier alpha value is -1.44. The number of morpholine rings is 1. The fourth-order valence-corrected chi connectivity index (χ4v) is 3.56. The molecule has 2 aromatic rings. The highest BCUT2D eigenvalue weighted by Gasteiger charge is 2.26. The molecular weight excluding hydrogens is 268 g/mol. The van der Waals surface area contributed by atoms with E-state index < -0.39 is 10.0 Å². The highest BCUT2D eigenvalue weighted by molar-refractivity contribution is 7.89. The van der Waals surface area contributed by atoms with E-state index in [-0.39, 0.29) is 4.90 Å². The lowest BCUT2D eigenvalue weighted by Crippen LogP contribution is -2.40. The second-order valence-corrected chi connectivity index (χ2v) is 6.38. The Bertz CT molecular complexity index is 702. The lowest BCUT2D eigenvalue weighted by molar-refractivity contribution is 0.0730. The second-order valence-electron chi connectivity index (χ2n) is 4.44. The molecule has 0 saturated carbocycles. The summed E-state index contributed by atoms with van der Waals surface area (Å²) in [7, 11) is -3.48. The normalized spacial score (nSPS) is 17.9. The van der Waals surface area contributed by atoms with Gasteiger partial charge in [0.25, 0.3) is 0 Å². The first-order valence-electron chi connectivity index (χ1n) is 6.03. The van der Waals surface area contributed by atoms with Crippen LogP contribution in [-0.2, 0) is 14.8 Å². The number of ether oxygens (including phenoxy) is 1. The van der Waals surface area contributed by atoms with Crippen LogP contribution in [0, 0.1) is 6.92 Å². The monoisotopic (exact) mass is 282 g/mol. The molecule has 1 aliphatic heterocycles. The van der Waals surface area contributed by atoms with Crippen molar-refractivity contribution in [3.63, 3.8) is 0 Å². The van der Waals surface area contributed by atoms with E-state index in [0.29, 0.717) is 31.9 Å².